The average molecular weight is 243 g/mol. The third-order valence-electron chi connectivity index (χ3n) is 2.43. The molecule has 0 aromatic heterocycles. The fourth-order valence-corrected chi connectivity index (χ4v) is 1.76. The lowest BCUT2D eigenvalue weighted by Crippen LogP contribution is -2.58. The van der Waals surface area contributed by atoms with Crippen LogP contribution in [0.1, 0.15) is 20.8 Å². The molecule has 0 aromatic carbocycles. The van der Waals surface area contributed by atoms with Crippen molar-refractivity contribution in [1.29, 1.82) is 0 Å². The van der Waals surface area contributed by atoms with Gasteiger partial charge >= 0.3 is 5.97 Å². The fraction of sp³-hybridized carbons (Fsp3) is 0.818. The molecule has 1 aliphatic rings. The summed E-state index contributed by atoms with van der Waals surface area (Å²) in [5.41, 5.74) is 4.78. The first-order valence-electron chi connectivity index (χ1n) is 5.75. The monoisotopic (exact) mass is 243 g/mol. The topological polar surface area (TPSA) is 84.7 Å². The Kier molecular flexibility index (Phi) is 4.47. The summed E-state index contributed by atoms with van der Waals surface area (Å²) in [5.74, 6) is -0.744. The van der Waals surface area contributed by atoms with Gasteiger partial charge in [0.1, 0.15) is 11.6 Å². The molecule has 1 unspecified atom stereocenters. The zero-order valence-electron chi connectivity index (χ0n) is 10.7. The van der Waals surface area contributed by atoms with Crippen LogP contribution in [0.2, 0.25) is 0 Å². The molecule has 0 bridgehead atoms. The molecule has 3 N–H and O–H groups in total. The van der Waals surface area contributed by atoms with E-state index >= 15 is 0 Å². The zero-order valence-corrected chi connectivity index (χ0v) is 10.7. The Morgan fingerprint density at radius 3 is 2.65 bits per heavy atom. The molecular weight excluding hydrogens is 222 g/mol. The molecule has 98 valence electrons. The van der Waals surface area contributed by atoms with Crippen molar-refractivity contribution >= 4 is 11.9 Å². The molecule has 0 aliphatic carbocycles. The first-order valence-corrected chi connectivity index (χ1v) is 5.75. The van der Waals surface area contributed by atoms with E-state index in [1.54, 1.807) is 4.90 Å². The number of carbonyl (C=O) groups excluding carboxylic acids is 2. The van der Waals surface area contributed by atoms with Crippen molar-refractivity contribution in [1.82, 2.24) is 10.2 Å². The molecule has 1 saturated heterocycles. The Labute approximate surface area is 101 Å². The maximum absolute atomic E-state index is 11.7. The minimum Gasteiger partial charge on any atom is -0.459 e. The van der Waals surface area contributed by atoms with E-state index in [1.807, 2.05) is 20.8 Å². The molecule has 1 aliphatic heterocycles. The van der Waals surface area contributed by atoms with Gasteiger partial charge in [0.25, 0.3) is 0 Å². The summed E-state index contributed by atoms with van der Waals surface area (Å²) in [6, 6.07) is -0.434. The van der Waals surface area contributed by atoms with E-state index in [4.69, 9.17) is 10.5 Å². The molecule has 17 heavy (non-hydrogen) atoms. The predicted octanol–water partition coefficient (Wildman–Crippen LogP) is -0.913. The molecule has 6 nitrogen and oxygen atoms in total. The van der Waals surface area contributed by atoms with E-state index in [2.05, 4.69) is 5.32 Å². The van der Waals surface area contributed by atoms with Gasteiger partial charge in [0.2, 0.25) is 5.91 Å². The average Bonchev–Trinajstić information content (AvgIpc) is 2.14. The second kappa shape index (κ2) is 5.46. The van der Waals surface area contributed by atoms with Crippen LogP contribution in [0.4, 0.5) is 0 Å². The number of nitrogens with zero attached hydrogens (tertiary/aromatic N) is 1. The summed E-state index contributed by atoms with van der Waals surface area (Å²) in [6.45, 7) is 7.39. The van der Waals surface area contributed by atoms with E-state index in [0.717, 1.165) is 6.54 Å². The second-order valence-electron chi connectivity index (χ2n) is 5.18. The van der Waals surface area contributed by atoms with E-state index in [-0.39, 0.29) is 12.5 Å². The van der Waals surface area contributed by atoms with Crippen LogP contribution in [0.3, 0.4) is 0 Å². The molecular formula is C11H21N3O3. The van der Waals surface area contributed by atoms with Gasteiger partial charge in [-0.25, -0.2) is 0 Å². The Balaban J connectivity index is 2.53. The fourth-order valence-electron chi connectivity index (χ4n) is 1.76. The molecule has 1 heterocycles. The standard InChI is InChI=1S/C11H21N3O3/c1-11(2,3)17-9(15)7-14-5-4-13-6-8(14)10(12)16/h8,13H,4-7H2,1-3H3,(H2,12,16). The smallest absolute Gasteiger partial charge is 0.320 e. The highest BCUT2D eigenvalue weighted by Crippen LogP contribution is 2.09. The predicted molar refractivity (Wildman–Crippen MR) is 63.3 cm³/mol. The van der Waals surface area contributed by atoms with Crippen LogP contribution in [0.5, 0.6) is 0 Å². The lowest BCUT2D eigenvalue weighted by atomic mass is 10.1. The molecule has 0 radical (unpaired) electrons. The van der Waals surface area contributed by atoms with Crippen LogP contribution in [-0.2, 0) is 14.3 Å². The van der Waals surface area contributed by atoms with Gasteiger partial charge in [-0.1, -0.05) is 0 Å². The Hall–Kier alpha value is -1.14. The summed E-state index contributed by atoms with van der Waals surface area (Å²) in [6.07, 6.45) is 0. The molecule has 1 atom stereocenters. The van der Waals surface area contributed by atoms with Crippen molar-refractivity contribution in [2.45, 2.75) is 32.4 Å². The summed E-state index contributed by atoms with van der Waals surface area (Å²) >= 11 is 0. The van der Waals surface area contributed by atoms with Crippen molar-refractivity contribution in [2.75, 3.05) is 26.2 Å². The van der Waals surface area contributed by atoms with E-state index in [1.165, 1.54) is 0 Å². The number of carbonyl (C=O) groups is 2. The third kappa shape index (κ3) is 4.70. The lowest BCUT2D eigenvalue weighted by molar-refractivity contribution is -0.157. The number of primary amides is 1. The Morgan fingerprint density at radius 1 is 1.47 bits per heavy atom. The van der Waals surface area contributed by atoms with Crippen LogP contribution in [-0.4, -0.2) is 54.6 Å². The number of nitrogens with two attached hydrogens (primary N) is 1. The normalized spacial score (nSPS) is 22.2. The summed E-state index contributed by atoms with van der Waals surface area (Å²) in [5, 5.41) is 3.07. The van der Waals surface area contributed by atoms with Gasteiger partial charge in [-0.15, -0.1) is 0 Å². The number of nitrogens with one attached hydrogen (secondary N) is 1. The van der Waals surface area contributed by atoms with Gasteiger partial charge in [0.15, 0.2) is 0 Å². The summed E-state index contributed by atoms with van der Waals surface area (Å²) in [4.78, 5) is 24.6. The minimum atomic E-state index is -0.507. The number of amides is 1. The number of rotatable bonds is 3. The van der Waals surface area contributed by atoms with Gasteiger partial charge in [0.05, 0.1) is 6.54 Å². The van der Waals surface area contributed by atoms with Crippen molar-refractivity contribution in [3.05, 3.63) is 0 Å². The number of ether oxygens (including phenoxy) is 1. The Morgan fingerprint density at radius 2 is 2.12 bits per heavy atom. The highest BCUT2D eigenvalue weighted by molar-refractivity contribution is 5.81. The molecule has 0 saturated carbocycles. The highest BCUT2D eigenvalue weighted by Gasteiger charge is 2.29. The van der Waals surface area contributed by atoms with E-state index < -0.39 is 17.6 Å². The largest absolute Gasteiger partial charge is 0.459 e. The lowest BCUT2D eigenvalue weighted by Gasteiger charge is -2.33. The van der Waals surface area contributed by atoms with Crippen molar-refractivity contribution in [3.63, 3.8) is 0 Å². The van der Waals surface area contributed by atoms with Gasteiger partial charge < -0.3 is 15.8 Å². The maximum Gasteiger partial charge on any atom is 0.320 e. The van der Waals surface area contributed by atoms with Crippen molar-refractivity contribution in [3.8, 4) is 0 Å². The quantitative estimate of drug-likeness (QED) is 0.627. The SMILES string of the molecule is CC(C)(C)OC(=O)CN1CCNCC1C(N)=O. The molecule has 0 aromatic rings. The second-order valence-corrected chi connectivity index (χ2v) is 5.18. The van der Waals surface area contributed by atoms with Gasteiger partial charge in [-0.2, -0.15) is 0 Å². The Bertz CT molecular complexity index is 299. The number of hydrogen-bond donors (Lipinski definition) is 2. The highest BCUT2D eigenvalue weighted by atomic mass is 16.6. The van der Waals surface area contributed by atoms with E-state index in [9.17, 15) is 9.59 Å². The summed E-state index contributed by atoms with van der Waals surface area (Å²) in [7, 11) is 0. The third-order valence-corrected chi connectivity index (χ3v) is 2.43. The number of hydrogen-bond acceptors (Lipinski definition) is 5. The van der Waals surface area contributed by atoms with Crippen LogP contribution < -0.4 is 11.1 Å². The number of piperazine rings is 1. The van der Waals surface area contributed by atoms with Crippen LogP contribution in [0, 0.1) is 0 Å². The molecule has 1 fully saturated rings. The first kappa shape index (κ1) is 13.9. The summed E-state index contributed by atoms with van der Waals surface area (Å²) < 4.78 is 5.22. The number of esters is 1. The van der Waals surface area contributed by atoms with Crippen molar-refractivity contribution < 1.29 is 14.3 Å². The van der Waals surface area contributed by atoms with Crippen LogP contribution in [0.15, 0.2) is 0 Å². The van der Waals surface area contributed by atoms with Gasteiger partial charge in [-0.05, 0) is 20.8 Å². The zero-order chi connectivity index (χ0) is 13.1. The molecule has 1 rings (SSSR count). The molecule has 1 amide bonds. The van der Waals surface area contributed by atoms with Gasteiger partial charge in [0, 0.05) is 19.6 Å². The minimum absolute atomic E-state index is 0.104. The van der Waals surface area contributed by atoms with Crippen molar-refractivity contribution in [2.24, 2.45) is 5.73 Å². The molecule has 0 spiro atoms. The van der Waals surface area contributed by atoms with Crippen LogP contribution >= 0.6 is 0 Å². The van der Waals surface area contributed by atoms with Gasteiger partial charge in [-0.3, -0.25) is 14.5 Å². The van der Waals surface area contributed by atoms with Crippen LogP contribution in [0.25, 0.3) is 0 Å². The maximum atomic E-state index is 11.7. The van der Waals surface area contributed by atoms with E-state index in [0.29, 0.717) is 13.1 Å². The first-order chi connectivity index (χ1) is 7.79. The molecule has 6 heteroatoms.